The molecule has 7 heteroatoms. The highest BCUT2D eigenvalue weighted by atomic mass is 35.5. The van der Waals surface area contributed by atoms with Crippen LogP contribution < -0.4 is 16.4 Å². The van der Waals surface area contributed by atoms with Crippen molar-refractivity contribution < 1.29 is 4.79 Å². The fourth-order valence-electron chi connectivity index (χ4n) is 1.67. The average molecular weight is 294 g/mol. The molecule has 1 heterocycles. The monoisotopic (exact) mass is 293 g/mol. The molecule has 1 aromatic carbocycles. The number of aryl methyl sites for hydroxylation is 1. The van der Waals surface area contributed by atoms with Gasteiger partial charge in [0.1, 0.15) is 5.82 Å². The van der Waals surface area contributed by atoms with Crippen LogP contribution in [0, 0.1) is 6.92 Å². The van der Waals surface area contributed by atoms with Gasteiger partial charge in [-0.15, -0.1) is 12.4 Å². The largest absolute Gasteiger partial charge is 0.368 e. The van der Waals surface area contributed by atoms with Gasteiger partial charge in [-0.3, -0.25) is 4.79 Å². The summed E-state index contributed by atoms with van der Waals surface area (Å²) in [7, 11) is 0. The molecule has 0 unspecified atom stereocenters. The summed E-state index contributed by atoms with van der Waals surface area (Å²) in [4.78, 5) is 18.9. The minimum Gasteiger partial charge on any atom is -0.368 e. The first-order valence-corrected chi connectivity index (χ1v) is 5.78. The van der Waals surface area contributed by atoms with Crippen LogP contribution in [-0.4, -0.2) is 15.9 Å². The van der Waals surface area contributed by atoms with Gasteiger partial charge in [0.25, 0.3) is 0 Å². The van der Waals surface area contributed by atoms with Crippen LogP contribution in [0.2, 0.25) is 0 Å². The van der Waals surface area contributed by atoms with Crippen LogP contribution in [0.4, 0.5) is 23.1 Å². The molecule has 0 aliphatic heterocycles. The number of carbonyl (C=O) groups excluding carboxylic acids is 1. The smallest absolute Gasteiger partial charge is 0.221 e. The van der Waals surface area contributed by atoms with Gasteiger partial charge in [-0.1, -0.05) is 0 Å². The van der Waals surface area contributed by atoms with Crippen LogP contribution >= 0.6 is 12.4 Å². The van der Waals surface area contributed by atoms with Gasteiger partial charge in [0, 0.05) is 24.5 Å². The first kappa shape index (κ1) is 15.7. The molecule has 0 radical (unpaired) electrons. The summed E-state index contributed by atoms with van der Waals surface area (Å²) in [5.74, 6) is 0.754. The number of anilines is 4. The molecule has 4 N–H and O–H groups in total. The second-order valence-corrected chi connectivity index (χ2v) is 4.14. The van der Waals surface area contributed by atoms with E-state index in [2.05, 4.69) is 20.6 Å². The van der Waals surface area contributed by atoms with Crippen LogP contribution in [0.15, 0.2) is 30.5 Å². The molecule has 6 nitrogen and oxygen atoms in total. The Balaban J connectivity index is 0.00000200. The molecule has 0 saturated carbocycles. The molecule has 0 aliphatic rings. The number of hydrogen-bond donors (Lipinski definition) is 3. The number of nitrogens with two attached hydrogens (primary N) is 1. The van der Waals surface area contributed by atoms with Crippen molar-refractivity contribution in [2.75, 3.05) is 16.4 Å². The zero-order valence-corrected chi connectivity index (χ0v) is 12.0. The Morgan fingerprint density at radius 3 is 2.65 bits per heavy atom. The molecule has 0 aliphatic carbocycles. The van der Waals surface area contributed by atoms with Crippen molar-refractivity contribution in [3.8, 4) is 0 Å². The molecule has 1 amide bonds. The lowest BCUT2D eigenvalue weighted by Gasteiger charge is -2.11. The van der Waals surface area contributed by atoms with E-state index in [1.54, 1.807) is 12.3 Å². The van der Waals surface area contributed by atoms with E-state index in [4.69, 9.17) is 5.73 Å². The average Bonchev–Trinajstić information content (AvgIpc) is 2.32. The lowest BCUT2D eigenvalue weighted by Crippen LogP contribution is -2.06. The van der Waals surface area contributed by atoms with Crippen molar-refractivity contribution >= 4 is 41.5 Å². The van der Waals surface area contributed by atoms with Gasteiger partial charge in [0.05, 0.1) is 0 Å². The van der Waals surface area contributed by atoms with Crippen LogP contribution in [0.5, 0.6) is 0 Å². The number of rotatable bonds is 3. The number of nitrogen functional groups attached to an aromatic ring is 1. The van der Waals surface area contributed by atoms with E-state index < -0.39 is 0 Å². The molecule has 2 rings (SSSR count). The van der Waals surface area contributed by atoms with Gasteiger partial charge >= 0.3 is 0 Å². The number of nitrogens with one attached hydrogen (secondary N) is 2. The summed E-state index contributed by atoms with van der Waals surface area (Å²) in [6.07, 6.45) is 1.59. The van der Waals surface area contributed by atoms with E-state index in [1.807, 2.05) is 25.1 Å². The number of benzene rings is 1. The lowest BCUT2D eigenvalue weighted by atomic mass is 10.1. The number of hydrogen-bond acceptors (Lipinski definition) is 5. The maximum atomic E-state index is 11.0. The summed E-state index contributed by atoms with van der Waals surface area (Å²) in [6.45, 7) is 3.42. The van der Waals surface area contributed by atoms with Gasteiger partial charge in [-0.2, -0.15) is 4.98 Å². The highest BCUT2D eigenvalue weighted by molar-refractivity contribution is 5.89. The minimum atomic E-state index is -0.0938. The normalized spacial score (nSPS) is 9.50. The second-order valence-electron chi connectivity index (χ2n) is 4.14. The summed E-state index contributed by atoms with van der Waals surface area (Å²) < 4.78 is 0. The van der Waals surface area contributed by atoms with Crippen LogP contribution in [-0.2, 0) is 4.79 Å². The van der Waals surface area contributed by atoms with Crippen LogP contribution in [0.3, 0.4) is 0 Å². The number of nitrogens with zero attached hydrogens (tertiary/aromatic N) is 2. The van der Waals surface area contributed by atoms with Gasteiger partial charge < -0.3 is 16.4 Å². The van der Waals surface area contributed by atoms with E-state index in [1.165, 1.54) is 6.92 Å². The number of aromatic nitrogens is 2. The molecule has 0 bridgehead atoms. The summed E-state index contributed by atoms with van der Waals surface area (Å²) in [5, 5.41) is 5.88. The Morgan fingerprint density at radius 1 is 1.30 bits per heavy atom. The Kier molecular flexibility index (Phi) is 5.28. The Labute approximate surface area is 123 Å². The van der Waals surface area contributed by atoms with Crippen molar-refractivity contribution in [1.82, 2.24) is 9.97 Å². The van der Waals surface area contributed by atoms with Crippen molar-refractivity contribution in [3.05, 3.63) is 36.0 Å². The maximum Gasteiger partial charge on any atom is 0.221 e. The lowest BCUT2D eigenvalue weighted by molar-refractivity contribution is -0.114. The van der Waals surface area contributed by atoms with E-state index in [9.17, 15) is 4.79 Å². The van der Waals surface area contributed by atoms with Gasteiger partial charge in [-0.25, -0.2) is 4.98 Å². The van der Waals surface area contributed by atoms with Gasteiger partial charge in [-0.05, 0) is 36.8 Å². The number of amides is 1. The highest BCUT2D eigenvalue weighted by Gasteiger charge is 2.03. The fourth-order valence-corrected chi connectivity index (χ4v) is 1.67. The van der Waals surface area contributed by atoms with Gasteiger partial charge in [0.15, 0.2) is 0 Å². The van der Waals surface area contributed by atoms with Crippen LogP contribution in [0.25, 0.3) is 0 Å². The molecule has 0 atom stereocenters. The number of carbonyl (C=O) groups is 1. The molecule has 20 heavy (non-hydrogen) atoms. The van der Waals surface area contributed by atoms with Crippen molar-refractivity contribution in [1.29, 1.82) is 0 Å². The first-order valence-electron chi connectivity index (χ1n) is 5.78. The minimum absolute atomic E-state index is 0. The van der Waals surface area contributed by atoms with Gasteiger partial charge in [0.2, 0.25) is 11.9 Å². The number of halogens is 1. The SMILES string of the molecule is CC(=O)Nc1ccc(Nc2ccnc(N)n2)c(C)c1.Cl. The summed E-state index contributed by atoms with van der Waals surface area (Å²) in [5.41, 5.74) is 8.17. The predicted molar refractivity (Wildman–Crippen MR) is 82.5 cm³/mol. The first-order chi connectivity index (χ1) is 9.04. The molecular formula is C13H16ClN5O. The standard InChI is InChI=1S/C13H15N5O.ClH/c1-8-7-10(16-9(2)19)3-4-11(8)17-12-5-6-15-13(14)18-12;/h3-7H,1-2H3,(H,16,19)(H3,14,15,17,18);1H. The zero-order chi connectivity index (χ0) is 13.8. The zero-order valence-electron chi connectivity index (χ0n) is 11.2. The quantitative estimate of drug-likeness (QED) is 0.808. The molecule has 2 aromatic rings. The van der Waals surface area contributed by atoms with E-state index in [0.717, 1.165) is 16.9 Å². The van der Waals surface area contributed by atoms with Crippen molar-refractivity contribution in [3.63, 3.8) is 0 Å². The highest BCUT2D eigenvalue weighted by Crippen LogP contribution is 2.22. The van der Waals surface area contributed by atoms with Crippen molar-refractivity contribution in [2.24, 2.45) is 0 Å². The molecule has 0 fully saturated rings. The summed E-state index contributed by atoms with van der Waals surface area (Å²) >= 11 is 0. The molecular weight excluding hydrogens is 278 g/mol. The predicted octanol–water partition coefficient (Wildman–Crippen LogP) is 2.49. The third-order valence-electron chi connectivity index (χ3n) is 2.48. The van der Waals surface area contributed by atoms with E-state index >= 15 is 0 Å². The topological polar surface area (TPSA) is 92.9 Å². The molecule has 1 aromatic heterocycles. The molecule has 0 spiro atoms. The van der Waals surface area contributed by atoms with Crippen molar-refractivity contribution in [2.45, 2.75) is 13.8 Å². The van der Waals surface area contributed by atoms with E-state index in [-0.39, 0.29) is 24.3 Å². The maximum absolute atomic E-state index is 11.0. The Morgan fingerprint density at radius 2 is 2.05 bits per heavy atom. The third-order valence-corrected chi connectivity index (χ3v) is 2.48. The van der Waals surface area contributed by atoms with Crippen LogP contribution in [0.1, 0.15) is 12.5 Å². The third kappa shape index (κ3) is 4.10. The molecule has 106 valence electrons. The Bertz CT molecular complexity index is 617. The van der Waals surface area contributed by atoms with E-state index in [0.29, 0.717) is 5.82 Å². The fraction of sp³-hybridized carbons (Fsp3) is 0.154. The Hall–Kier alpha value is -2.34. The summed E-state index contributed by atoms with van der Waals surface area (Å²) in [6, 6.07) is 7.31. The molecule has 0 saturated heterocycles. The second kappa shape index (κ2) is 6.72.